The van der Waals surface area contributed by atoms with Crippen LogP contribution in [0.1, 0.15) is 16.2 Å². The lowest BCUT2D eigenvalue weighted by molar-refractivity contribution is 0.0601. The third-order valence-electron chi connectivity index (χ3n) is 3.57. The molecule has 1 aromatic carbocycles. The number of carbonyl (C=O) groups excluding carboxylic acids is 1. The van der Waals surface area contributed by atoms with Crippen molar-refractivity contribution in [3.63, 3.8) is 0 Å². The number of anilines is 1. The van der Waals surface area contributed by atoms with Crippen LogP contribution >= 0.6 is 11.8 Å². The zero-order chi connectivity index (χ0) is 18.0. The molecule has 0 saturated heterocycles. The summed E-state index contributed by atoms with van der Waals surface area (Å²) in [6.07, 6.45) is 1.95. The molecule has 2 aromatic heterocycles. The Morgan fingerprint density at radius 1 is 1.20 bits per heavy atom. The molecule has 25 heavy (non-hydrogen) atoms. The van der Waals surface area contributed by atoms with Gasteiger partial charge in [0.05, 0.1) is 18.4 Å². The van der Waals surface area contributed by atoms with E-state index in [0.29, 0.717) is 28.7 Å². The van der Waals surface area contributed by atoms with Gasteiger partial charge >= 0.3 is 5.97 Å². The van der Waals surface area contributed by atoms with Gasteiger partial charge in [-0.3, -0.25) is 0 Å². The van der Waals surface area contributed by atoms with Gasteiger partial charge in [-0.1, -0.05) is 12.1 Å². The Labute approximate surface area is 149 Å². The summed E-state index contributed by atoms with van der Waals surface area (Å²) < 4.78 is 6.28. The molecule has 0 spiro atoms. The van der Waals surface area contributed by atoms with E-state index in [4.69, 9.17) is 10.5 Å². The van der Waals surface area contributed by atoms with Gasteiger partial charge in [0.15, 0.2) is 5.82 Å². The molecule has 2 N–H and O–H groups in total. The molecule has 0 aliphatic heterocycles. The molecule has 0 atom stereocenters. The van der Waals surface area contributed by atoms with E-state index >= 15 is 0 Å². The average molecular weight is 355 g/mol. The molecule has 0 saturated carbocycles. The van der Waals surface area contributed by atoms with Gasteiger partial charge in [-0.25, -0.2) is 14.8 Å². The fraction of sp³-hybridized carbons (Fsp3) is 0.176. The monoisotopic (exact) mass is 355 g/mol. The second kappa shape index (κ2) is 6.94. The fourth-order valence-corrected chi connectivity index (χ4v) is 2.80. The molecule has 3 aromatic rings. The van der Waals surface area contributed by atoms with Crippen LogP contribution in [0.5, 0.6) is 0 Å². The van der Waals surface area contributed by atoms with Gasteiger partial charge in [0.25, 0.3) is 0 Å². The highest BCUT2D eigenvalue weighted by Crippen LogP contribution is 2.24. The van der Waals surface area contributed by atoms with Gasteiger partial charge in [0, 0.05) is 17.7 Å². The zero-order valence-corrected chi connectivity index (χ0v) is 14.9. The Hall–Kier alpha value is -2.87. The summed E-state index contributed by atoms with van der Waals surface area (Å²) in [5.74, 6) is 1.36. The van der Waals surface area contributed by atoms with E-state index in [9.17, 15) is 4.79 Å². The molecule has 7 nitrogen and oxygen atoms in total. The summed E-state index contributed by atoms with van der Waals surface area (Å²) in [7, 11) is 1.35. The first-order valence-corrected chi connectivity index (χ1v) is 8.68. The molecular formula is C17H17N5O2S. The molecule has 0 unspecified atom stereocenters. The molecule has 128 valence electrons. The number of rotatable bonds is 4. The van der Waals surface area contributed by atoms with Gasteiger partial charge in [0.2, 0.25) is 0 Å². The van der Waals surface area contributed by atoms with E-state index in [2.05, 4.69) is 15.1 Å². The standard InChI is InChI=1S/C17H17N5O2S/c1-10-19-15(9-16(20-10)25-3)22-14(18)8-13(21-22)11-4-6-12(7-5-11)17(23)24-2/h4-9H,18H2,1-3H3. The summed E-state index contributed by atoms with van der Waals surface area (Å²) in [5, 5.41) is 5.39. The highest BCUT2D eigenvalue weighted by atomic mass is 32.2. The topological polar surface area (TPSA) is 95.9 Å². The maximum Gasteiger partial charge on any atom is 0.337 e. The van der Waals surface area contributed by atoms with Gasteiger partial charge < -0.3 is 10.5 Å². The van der Waals surface area contributed by atoms with Crippen LogP contribution in [0.2, 0.25) is 0 Å². The van der Waals surface area contributed by atoms with E-state index < -0.39 is 0 Å². The largest absolute Gasteiger partial charge is 0.465 e. The second-order valence-corrected chi connectivity index (χ2v) is 6.08. The molecule has 0 amide bonds. The highest BCUT2D eigenvalue weighted by Gasteiger charge is 2.12. The van der Waals surface area contributed by atoms with Crippen LogP contribution in [0.15, 0.2) is 41.4 Å². The van der Waals surface area contributed by atoms with Crippen molar-refractivity contribution in [2.75, 3.05) is 19.1 Å². The average Bonchev–Trinajstić information content (AvgIpc) is 3.02. The second-order valence-electron chi connectivity index (χ2n) is 5.25. The lowest BCUT2D eigenvalue weighted by Gasteiger charge is -2.05. The summed E-state index contributed by atoms with van der Waals surface area (Å²) >= 11 is 1.53. The van der Waals surface area contributed by atoms with Crippen molar-refractivity contribution in [3.05, 3.63) is 47.8 Å². The Balaban J connectivity index is 1.98. The Morgan fingerprint density at radius 2 is 1.92 bits per heavy atom. The molecule has 0 fully saturated rings. The van der Waals surface area contributed by atoms with Crippen molar-refractivity contribution in [3.8, 4) is 17.1 Å². The van der Waals surface area contributed by atoms with Gasteiger partial charge in [0.1, 0.15) is 16.7 Å². The predicted octanol–water partition coefficient (Wildman–Crippen LogP) is 2.73. The summed E-state index contributed by atoms with van der Waals surface area (Å²) in [4.78, 5) is 20.3. The molecular weight excluding hydrogens is 338 g/mol. The normalized spacial score (nSPS) is 10.7. The summed E-state index contributed by atoms with van der Waals surface area (Å²) in [6.45, 7) is 1.83. The van der Waals surface area contributed by atoms with Crippen molar-refractivity contribution < 1.29 is 9.53 Å². The fourth-order valence-electron chi connectivity index (χ4n) is 2.35. The number of carbonyl (C=O) groups is 1. The highest BCUT2D eigenvalue weighted by molar-refractivity contribution is 7.98. The first-order chi connectivity index (χ1) is 12.0. The lowest BCUT2D eigenvalue weighted by Crippen LogP contribution is -2.06. The van der Waals surface area contributed by atoms with Crippen LogP contribution in [0.25, 0.3) is 17.1 Å². The number of nitrogens with two attached hydrogens (primary N) is 1. The Morgan fingerprint density at radius 3 is 2.56 bits per heavy atom. The van der Waals surface area contributed by atoms with Crippen molar-refractivity contribution in [2.24, 2.45) is 0 Å². The number of nitrogen functional groups attached to an aromatic ring is 1. The van der Waals surface area contributed by atoms with E-state index in [1.165, 1.54) is 18.9 Å². The number of hydrogen-bond acceptors (Lipinski definition) is 7. The van der Waals surface area contributed by atoms with Crippen LogP contribution in [-0.2, 0) is 4.74 Å². The third kappa shape index (κ3) is 3.48. The minimum absolute atomic E-state index is 0.377. The van der Waals surface area contributed by atoms with Crippen LogP contribution in [0.4, 0.5) is 5.82 Å². The Kier molecular flexibility index (Phi) is 4.71. The number of methoxy groups -OCH3 is 1. The molecule has 0 aliphatic carbocycles. The van der Waals surface area contributed by atoms with E-state index in [0.717, 1.165) is 10.6 Å². The smallest absolute Gasteiger partial charge is 0.337 e. The third-order valence-corrected chi connectivity index (χ3v) is 4.19. The number of aromatic nitrogens is 4. The number of benzene rings is 1. The minimum atomic E-state index is -0.377. The van der Waals surface area contributed by atoms with E-state index in [-0.39, 0.29) is 5.97 Å². The number of esters is 1. The lowest BCUT2D eigenvalue weighted by atomic mass is 10.1. The first-order valence-electron chi connectivity index (χ1n) is 7.46. The number of aryl methyl sites for hydroxylation is 1. The molecule has 0 aliphatic rings. The quantitative estimate of drug-likeness (QED) is 0.437. The molecule has 3 rings (SSSR count). The number of nitrogens with zero attached hydrogens (tertiary/aromatic N) is 4. The van der Waals surface area contributed by atoms with Crippen molar-refractivity contribution in [2.45, 2.75) is 11.9 Å². The predicted molar refractivity (Wildman–Crippen MR) is 96.9 cm³/mol. The van der Waals surface area contributed by atoms with Crippen LogP contribution in [0.3, 0.4) is 0 Å². The Bertz CT molecular complexity index is 921. The number of ether oxygens (including phenoxy) is 1. The van der Waals surface area contributed by atoms with E-state index in [1.807, 2.05) is 19.2 Å². The molecule has 0 bridgehead atoms. The van der Waals surface area contributed by atoms with Crippen LogP contribution < -0.4 is 5.73 Å². The van der Waals surface area contributed by atoms with Crippen molar-refractivity contribution >= 4 is 23.5 Å². The zero-order valence-electron chi connectivity index (χ0n) is 14.1. The van der Waals surface area contributed by atoms with Crippen molar-refractivity contribution in [1.29, 1.82) is 0 Å². The maximum absolute atomic E-state index is 11.5. The van der Waals surface area contributed by atoms with Crippen molar-refractivity contribution in [1.82, 2.24) is 19.7 Å². The number of thioether (sulfide) groups is 1. The first kappa shape index (κ1) is 17.0. The van der Waals surface area contributed by atoms with Crippen LogP contribution in [0, 0.1) is 6.92 Å². The van der Waals surface area contributed by atoms with E-state index in [1.54, 1.807) is 35.0 Å². The summed E-state index contributed by atoms with van der Waals surface area (Å²) in [5.41, 5.74) is 8.12. The SMILES string of the molecule is COC(=O)c1ccc(-c2cc(N)n(-c3cc(SC)nc(C)n3)n2)cc1. The van der Waals surface area contributed by atoms with Gasteiger partial charge in [-0.2, -0.15) is 9.78 Å². The van der Waals surface area contributed by atoms with Crippen LogP contribution in [-0.4, -0.2) is 39.1 Å². The number of hydrogen-bond donors (Lipinski definition) is 1. The maximum atomic E-state index is 11.5. The summed E-state index contributed by atoms with van der Waals surface area (Å²) in [6, 6.07) is 10.6. The molecule has 0 radical (unpaired) electrons. The minimum Gasteiger partial charge on any atom is -0.465 e. The van der Waals surface area contributed by atoms with Gasteiger partial charge in [-0.15, -0.1) is 11.8 Å². The molecule has 2 heterocycles. The van der Waals surface area contributed by atoms with Gasteiger partial charge in [-0.05, 0) is 25.3 Å². The molecule has 8 heteroatoms.